The number of nitrogens with one attached hydrogen (secondary N) is 2. The molecule has 0 radical (unpaired) electrons. The first kappa shape index (κ1) is 21.1. The number of benzene rings is 2. The summed E-state index contributed by atoms with van der Waals surface area (Å²) >= 11 is 0. The summed E-state index contributed by atoms with van der Waals surface area (Å²) in [6, 6.07) is 14.3. The van der Waals surface area contributed by atoms with E-state index in [1.165, 1.54) is 4.90 Å². The van der Waals surface area contributed by atoms with E-state index in [4.69, 9.17) is 0 Å². The van der Waals surface area contributed by atoms with E-state index in [-0.39, 0.29) is 43.3 Å². The van der Waals surface area contributed by atoms with Crippen LogP contribution in [-0.4, -0.2) is 38.0 Å². The number of halogens is 3. The van der Waals surface area contributed by atoms with Crippen LogP contribution in [-0.2, 0) is 25.7 Å². The van der Waals surface area contributed by atoms with Gasteiger partial charge in [0.15, 0.2) is 5.82 Å². The van der Waals surface area contributed by atoms with E-state index in [2.05, 4.69) is 21.0 Å². The third-order valence-electron chi connectivity index (χ3n) is 5.85. The summed E-state index contributed by atoms with van der Waals surface area (Å²) < 4.78 is 40.2. The molecule has 5 rings (SSSR count). The summed E-state index contributed by atoms with van der Waals surface area (Å²) in [5, 5.41) is 6.88. The molecule has 170 valence electrons. The largest absolute Gasteiger partial charge is 0.451 e. The van der Waals surface area contributed by atoms with Crippen molar-refractivity contribution < 1.29 is 22.8 Å². The number of hydrogen-bond donors (Lipinski definition) is 2. The molecule has 0 bridgehead atoms. The number of hydrogen-bond acceptors (Lipinski definition) is 5. The maximum absolute atomic E-state index is 13.1. The topological polar surface area (TPSA) is 92.2 Å². The van der Waals surface area contributed by atoms with Crippen molar-refractivity contribution in [1.82, 2.24) is 30.5 Å². The number of alkyl halides is 3. The van der Waals surface area contributed by atoms with Crippen LogP contribution < -0.4 is 10.9 Å². The first-order valence-corrected chi connectivity index (χ1v) is 10.3. The smallest absolute Gasteiger partial charge is 0.329 e. The number of carbonyl (C=O) groups excluding carboxylic acids is 2. The van der Waals surface area contributed by atoms with Crippen LogP contribution in [0.4, 0.5) is 13.2 Å². The fourth-order valence-electron chi connectivity index (χ4n) is 4.26. The summed E-state index contributed by atoms with van der Waals surface area (Å²) in [4.78, 5) is 26.6. The zero-order valence-electron chi connectivity index (χ0n) is 17.3. The van der Waals surface area contributed by atoms with Crippen molar-refractivity contribution in [2.45, 2.75) is 31.7 Å². The van der Waals surface area contributed by atoms with Crippen molar-refractivity contribution in [2.75, 3.05) is 6.54 Å². The second kappa shape index (κ2) is 8.00. The fourth-order valence-corrected chi connectivity index (χ4v) is 4.26. The molecule has 3 heterocycles. The summed E-state index contributed by atoms with van der Waals surface area (Å²) in [7, 11) is 0. The van der Waals surface area contributed by atoms with Crippen LogP contribution in [0.15, 0.2) is 48.5 Å². The molecule has 2 aliphatic heterocycles. The minimum Gasteiger partial charge on any atom is -0.329 e. The van der Waals surface area contributed by atoms with Crippen molar-refractivity contribution in [3.05, 3.63) is 82.4 Å². The van der Waals surface area contributed by atoms with Crippen LogP contribution in [0.2, 0.25) is 0 Å². The first-order valence-electron chi connectivity index (χ1n) is 10.3. The fraction of sp³-hybridized carbons (Fsp3) is 0.273. The molecule has 0 spiro atoms. The molecule has 1 atom stereocenters. The highest BCUT2D eigenvalue weighted by molar-refractivity contribution is 5.96. The molecule has 2 aliphatic rings. The van der Waals surface area contributed by atoms with Crippen molar-refractivity contribution in [2.24, 2.45) is 0 Å². The molecule has 8 nitrogen and oxygen atoms in total. The number of fused-ring (bicyclic) bond motifs is 2. The lowest BCUT2D eigenvalue weighted by Crippen LogP contribution is -2.46. The molecule has 2 aromatic carbocycles. The number of amides is 2. The number of carbonyl (C=O) groups is 2. The van der Waals surface area contributed by atoms with E-state index in [1.54, 1.807) is 30.3 Å². The van der Waals surface area contributed by atoms with Gasteiger partial charge in [0, 0.05) is 24.2 Å². The van der Waals surface area contributed by atoms with E-state index in [1.807, 2.05) is 18.2 Å². The summed E-state index contributed by atoms with van der Waals surface area (Å²) in [5.74, 6) is -1.42. The predicted molar refractivity (Wildman–Crippen MR) is 110 cm³/mol. The Balaban J connectivity index is 1.33. The van der Waals surface area contributed by atoms with E-state index >= 15 is 0 Å². The van der Waals surface area contributed by atoms with Crippen molar-refractivity contribution in [3.8, 4) is 0 Å². The van der Waals surface area contributed by atoms with E-state index in [0.717, 1.165) is 15.7 Å². The number of hydrazine groups is 1. The Kier molecular flexibility index (Phi) is 5.12. The van der Waals surface area contributed by atoms with Gasteiger partial charge in [-0.2, -0.15) is 13.2 Å². The highest BCUT2D eigenvalue weighted by atomic mass is 19.4. The van der Waals surface area contributed by atoms with Gasteiger partial charge < -0.3 is 9.47 Å². The maximum atomic E-state index is 13.1. The monoisotopic (exact) mass is 456 g/mol. The number of aromatic nitrogens is 3. The molecule has 33 heavy (non-hydrogen) atoms. The average Bonchev–Trinajstić information content (AvgIpc) is 3.25. The number of rotatable bonds is 3. The lowest BCUT2D eigenvalue weighted by molar-refractivity contribution is -0.147. The van der Waals surface area contributed by atoms with Gasteiger partial charge in [0.2, 0.25) is 5.82 Å². The first-order chi connectivity index (χ1) is 15.8. The minimum atomic E-state index is -4.59. The standard InChI is InChI=1S/C22H19F3N6O2/c23-22(24,25)21-29-27-18-12-30(8-9-31(18)21)20(33)14-5-3-4-13(10-14)11-17-15-6-1-2-7-16(15)19(32)28-26-17/h1-7,10,17,26H,8-9,11-12H2,(H,28,32). The van der Waals surface area contributed by atoms with E-state index in [0.29, 0.717) is 17.5 Å². The van der Waals surface area contributed by atoms with Crippen LogP contribution in [0.25, 0.3) is 0 Å². The molecule has 0 saturated heterocycles. The molecular weight excluding hydrogens is 437 g/mol. The molecule has 11 heteroatoms. The summed E-state index contributed by atoms with van der Waals surface area (Å²) in [6.45, 7) is 0.0571. The highest BCUT2D eigenvalue weighted by Crippen LogP contribution is 2.30. The van der Waals surface area contributed by atoms with E-state index in [9.17, 15) is 22.8 Å². The molecule has 2 amide bonds. The predicted octanol–water partition coefficient (Wildman–Crippen LogP) is 2.48. The van der Waals surface area contributed by atoms with Crippen LogP contribution >= 0.6 is 0 Å². The van der Waals surface area contributed by atoms with Gasteiger partial charge in [-0.25, -0.2) is 5.43 Å². The van der Waals surface area contributed by atoms with Crippen molar-refractivity contribution in [3.63, 3.8) is 0 Å². The van der Waals surface area contributed by atoms with Crippen LogP contribution in [0.3, 0.4) is 0 Å². The SMILES string of the molecule is O=C1NNC(Cc2cccc(C(=O)N3CCn4c(nnc4C(F)(F)F)C3)c2)c2ccccc21. The van der Waals surface area contributed by atoms with Crippen molar-refractivity contribution in [1.29, 1.82) is 0 Å². The molecule has 1 unspecified atom stereocenters. The van der Waals surface area contributed by atoms with Gasteiger partial charge >= 0.3 is 6.18 Å². The van der Waals surface area contributed by atoms with Gasteiger partial charge in [-0.05, 0) is 35.7 Å². The van der Waals surface area contributed by atoms with Crippen LogP contribution in [0.1, 0.15) is 49.5 Å². The van der Waals surface area contributed by atoms with Gasteiger partial charge in [0.25, 0.3) is 11.8 Å². The normalized spacial score (nSPS) is 17.8. The summed E-state index contributed by atoms with van der Waals surface area (Å²) in [5.41, 5.74) is 8.45. The summed E-state index contributed by atoms with van der Waals surface area (Å²) in [6.07, 6.45) is -4.06. The molecule has 2 N–H and O–H groups in total. The van der Waals surface area contributed by atoms with Crippen LogP contribution in [0, 0.1) is 0 Å². The second-order valence-corrected chi connectivity index (χ2v) is 7.96. The van der Waals surface area contributed by atoms with Crippen molar-refractivity contribution >= 4 is 11.8 Å². The zero-order chi connectivity index (χ0) is 23.2. The second-order valence-electron chi connectivity index (χ2n) is 7.96. The van der Waals surface area contributed by atoms with E-state index < -0.39 is 12.0 Å². The van der Waals surface area contributed by atoms with Gasteiger partial charge in [0.05, 0.1) is 12.6 Å². The third-order valence-corrected chi connectivity index (χ3v) is 5.85. The Bertz CT molecular complexity index is 1240. The zero-order valence-corrected chi connectivity index (χ0v) is 17.3. The number of nitrogens with zero attached hydrogens (tertiary/aromatic N) is 4. The van der Waals surface area contributed by atoms with Gasteiger partial charge in [-0.3, -0.25) is 15.0 Å². The quantitative estimate of drug-likeness (QED) is 0.632. The molecule has 3 aromatic rings. The lowest BCUT2D eigenvalue weighted by Gasteiger charge is -2.29. The van der Waals surface area contributed by atoms with Gasteiger partial charge in [-0.1, -0.05) is 30.3 Å². The molecular formula is C22H19F3N6O2. The Morgan fingerprint density at radius 2 is 1.91 bits per heavy atom. The molecule has 0 fully saturated rings. The molecule has 1 aromatic heterocycles. The highest BCUT2D eigenvalue weighted by Gasteiger charge is 2.40. The minimum absolute atomic E-state index is 0.0227. The Hall–Kier alpha value is -3.73. The third kappa shape index (κ3) is 3.95. The van der Waals surface area contributed by atoms with Gasteiger partial charge in [0.1, 0.15) is 0 Å². The molecule has 0 aliphatic carbocycles. The Morgan fingerprint density at radius 3 is 2.73 bits per heavy atom. The van der Waals surface area contributed by atoms with Gasteiger partial charge in [-0.15, -0.1) is 10.2 Å². The lowest BCUT2D eigenvalue weighted by atomic mass is 9.93. The van der Waals surface area contributed by atoms with Crippen LogP contribution in [0.5, 0.6) is 0 Å². The Morgan fingerprint density at radius 1 is 1.09 bits per heavy atom. The Labute approximate surface area is 186 Å². The average molecular weight is 456 g/mol. The molecule has 0 saturated carbocycles. The maximum Gasteiger partial charge on any atom is 0.451 e.